The van der Waals surface area contributed by atoms with Gasteiger partial charge in [0, 0.05) is 6.04 Å². The summed E-state index contributed by atoms with van der Waals surface area (Å²) in [5, 5.41) is 3.66. The summed E-state index contributed by atoms with van der Waals surface area (Å²) < 4.78 is 0. The Morgan fingerprint density at radius 3 is 2.32 bits per heavy atom. The molecule has 0 spiro atoms. The molecule has 1 aromatic rings. The Labute approximate surface area is 119 Å². The Bertz CT molecular complexity index is 376. The number of hydrogen-bond acceptors (Lipinski definition) is 1. The summed E-state index contributed by atoms with van der Waals surface area (Å²) in [5.41, 5.74) is 3.28. The van der Waals surface area contributed by atoms with Gasteiger partial charge in [-0.1, -0.05) is 58.9 Å². The molecule has 1 rings (SSSR count). The third-order valence-electron chi connectivity index (χ3n) is 3.61. The van der Waals surface area contributed by atoms with Crippen LogP contribution in [-0.4, -0.2) is 6.54 Å². The monoisotopic (exact) mass is 261 g/mol. The lowest BCUT2D eigenvalue weighted by atomic mass is 9.81. The van der Waals surface area contributed by atoms with Gasteiger partial charge in [-0.05, 0) is 48.8 Å². The van der Waals surface area contributed by atoms with Crippen LogP contribution in [-0.2, 0) is 0 Å². The highest BCUT2D eigenvalue weighted by Gasteiger charge is 2.20. The van der Waals surface area contributed by atoms with Crippen molar-refractivity contribution >= 4 is 0 Å². The largest absolute Gasteiger partial charge is 0.310 e. The predicted molar refractivity (Wildman–Crippen MR) is 85.4 cm³/mol. The Morgan fingerprint density at radius 1 is 1.16 bits per heavy atom. The highest BCUT2D eigenvalue weighted by Crippen LogP contribution is 2.31. The first-order chi connectivity index (χ1) is 8.83. The lowest BCUT2D eigenvalue weighted by molar-refractivity contribution is 0.276. The van der Waals surface area contributed by atoms with Crippen molar-refractivity contribution in [3.63, 3.8) is 0 Å². The second-order valence-electron chi connectivity index (χ2n) is 7.07. The third kappa shape index (κ3) is 5.78. The van der Waals surface area contributed by atoms with E-state index in [1.54, 1.807) is 0 Å². The van der Waals surface area contributed by atoms with Gasteiger partial charge < -0.3 is 5.32 Å². The van der Waals surface area contributed by atoms with E-state index in [-0.39, 0.29) is 0 Å². The quantitative estimate of drug-likeness (QED) is 0.750. The van der Waals surface area contributed by atoms with Crippen LogP contribution in [0.5, 0.6) is 0 Å². The van der Waals surface area contributed by atoms with Crippen molar-refractivity contribution in [1.29, 1.82) is 0 Å². The van der Waals surface area contributed by atoms with Gasteiger partial charge in [0.25, 0.3) is 0 Å². The molecule has 0 bridgehead atoms. The fourth-order valence-corrected chi connectivity index (χ4v) is 3.08. The van der Waals surface area contributed by atoms with Gasteiger partial charge in [0.2, 0.25) is 0 Å². The van der Waals surface area contributed by atoms with Crippen LogP contribution in [0.1, 0.15) is 64.6 Å². The average Bonchev–Trinajstić information content (AvgIpc) is 2.26. The molecule has 2 unspecified atom stereocenters. The number of benzene rings is 1. The van der Waals surface area contributed by atoms with Gasteiger partial charge in [0.05, 0.1) is 0 Å². The maximum atomic E-state index is 3.66. The van der Waals surface area contributed by atoms with Gasteiger partial charge in [-0.2, -0.15) is 0 Å². The second kappa shape index (κ2) is 7.09. The fourth-order valence-electron chi connectivity index (χ4n) is 3.08. The first-order valence-corrected chi connectivity index (χ1v) is 7.62. The topological polar surface area (TPSA) is 12.0 Å². The first-order valence-electron chi connectivity index (χ1n) is 7.62. The van der Waals surface area contributed by atoms with Crippen molar-refractivity contribution < 1.29 is 0 Å². The Balaban J connectivity index is 2.76. The van der Waals surface area contributed by atoms with Gasteiger partial charge in [-0.15, -0.1) is 0 Å². The van der Waals surface area contributed by atoms with Crippen molar-refractivity contribution in [1.82, 2.24) is 5.32 Å². The molecule has 0 amide bonds. The summed E-state index contributed by atoms with van der Waals surface area (Å²) in [6, 6.07) is 9.26. The third-order valence-corrected chi connectivity index (χ3v) is 3.61. The van der Waals surface area contributed by atoms with E-state index in [1.165, 1.54) is 24.0 Å². The summed E-state index contributed by atoms with van der Waals surface area (Å²) in [7, 11) is 0. The van der Waals surface area contributed by atoms with Crippen molar-refractivity contribution in [3.05, 3.63) is 35.4 Å². The minimum Gasteiger partial charge on any atom is -0.310 e. The normalized spacial score (nSPS) is 15.3. The van der Waals surface area contributed by atoms with Crippen LogP contribution in [0.25, 0.3) is 0 Å². The van der Waals surface area contributed by atoms with E-state index in [0.29, 0.717) is 11.5 Å². The lowest BCUT2D eigenvalue weighted by Gasteiger charge is -2.28. The number of nitrogens with one attached hydrogen (secondary N) is 1. The number of hydrogen-bond donors (Lipinski definition) is 1. The zero-order chi connectivity index (χ0) is 14.5. The molecule has 19 heavy (non-hydrogen) atoms. The summed E-state index contributed by atoms with van der Waals surface area (Å²) in [6.45, 7) is 14.8. The Kier molecular flexibility index (Phi) is 6.06. The van der Waals surface area contributed by atoms with Crippen molar-refractivity contribution in [2.45, 2.75) is 60.4 Å². The molecule has 1 heteroatoms. The average molecular weight is 261 g/mol. The molecule has 0 heterocycles. The van der Waals surface area contributed by atoms with Crippen LogP contribution in [0, 0.1) is 18.3 Å². The van der Waals surface area contributed by atoms with Crippen LogP contribution in [0.2, 0.25) is 0 Å². The lowest BCUT2D eigenvalue weighted by Crippen LogP contribution is -2.25. The minimum atomic E-state index is 0.419. The number of aryl methyl sites for hydroxylation is 1. The predicted octanol–water partition coefficient (Wildman–Crippen LogP) is 5.11. The van der Waals surface area contributed by atoms with E-state index in [0.717, 1.165) is 12.5 Å². The summed E-state index contributed by atoms with van der Waals surface area (Å²) in [5.74, 6) is 0.739. The van der Waals surface area contributed by atoms with E-state index in [4.69, 9.17) is 0 Å². The first kappa shape index (κ1) is 16.2. The van der Waals surface area contributed by atoms with Gasteiger partial charge in [0.1, 0.15) is 0 Å². The Hall–Kier alpha value is -0.820. The standard InChI is InChI=1S/C18H31N/c1-7-19-17(12-14(2)13-18(4,5)6)16-11-9-8-10-15(16)3/h8-11,14,17,19H,7,12-13H2,1-6H3. The molecule has 0 fully saturated rings. The molecule has 0 saturated carbocycles. The minimum absolute atomic E-state index is 0.419. The fraction of sp³-hybridized carbons (Fsp3) is 0.667. The van der Waals surface area contributed by atoms with Crippen LogP contribution in [0.4, 0.5) is 0 Å². The molecule has 0 aliphatic heterocycles. The van der Waals surface area contributed by atoms with E-state index in [2.05, 4.69) is 71.1 Å². The second-order valence-corrected chi connectivity index (χ2v) is 7.07. The molecular formula is C18H31N. The SMILES string of the molecule is CCNC(CC(C)CC(C)(C)C)c1ccccc1C. The molecule has 108 valence electrons. The number of rotatable bonds is 6. The summed E-state index contributed by atoms with van der Waals surface area (Å²) in [4.78, 5) is 0. The zero-order valence-corrected chi connectivity index (χ0v) is 13.6. The molecule has 0 aliphatic rings. The van der Waals surface area contributed by atoms with Crippen molar-refractivity contribution in [3.8, 4) is 0 Å². The van der Waals surface area contributed by atoms with Crippen LogP contribution in [0.3, 0.4) is 0 Å². The molecule has 0 aliphatic carbocycles. The van der Waals surface area contributed by atoms with E-state index >= 15 is 0 Å². The smallest absolute Gasteiger partial charge is 0.0325 e. The molecule has 1 N–H and O–H groups in total. The Morgan fingerprint density at radius 2 is 1.79 bits per heavy atom. The van der Waals surface area contributed by atoms with Crippen molar-refractivity contribution in [2.75, 3.05) is 6.54 Å². The van der Waals surface area contributed by atoms with Crippen molar-refractivity contribution in [2.24, 2.45) is 11.3 Å². The molecule has 1 aromatic carbocycles. The highest BCUT2D eigenvalue weighted by atomic mass is 14.9. The zero-order valence-electron chi connectivity index (χ0n) is 13.6. The highest BCUT2D eigenvalue weighted by molar-refractivity contribution is 5.28. The summed E-state index contributed by atoms with van der Waals surface area (Å²) >= 11 is 0. The molecular weight excluding hydrogens is 230 g/mol. The van der Waals surface area contributed by atoms with Crippen LogP contribution in [0.15, 0.2) is 24.3 Å². The summed E-state index contributed by atoms with van der Waals surface area (Å²) in [6.07, 6.45) is 2.50. The van der Waals surface area contributed by atoms with E-state index in [9.17, 15) is 0 Å². The maximum Gasteiger partial charge on any atom is 0.0325 e. The van der Waals surface area contributed by atoms with E-state index in [1.807, 2.05) is 0 Å². The molecule has 0 saturated heterocycles. The molecule has 2 atom stereocenters. The van der Waals surface area contributed by atoms with Gasteiger partial charge in [-0.25, -0.2) is 0 Å². The van der Waals surface area contributed by atoms with E-state index < -0.39 is 0 Å². The molecule has 0 aromatic heterocycles. The van der Waals surface area contributed by atoms with Gasteiger partial charge >= 0.3 is 0 Å². The maximum absolute atomic E-state index is 3.66. The van der Waals surface area contributed by atoms with Gasteiger partial charge in [-0.3, -0.25) is 0 Å². The molecule has 1 nitrogen and oxygen atoms in total. The molecule has 0 radical (unpaired) electrons. The van der Waals surface area contributed by atoms with Crippen LogP contribution >= 0.6 is 0 Å². The van der Waals surface area contributed by atoms with Gasteiger partial charge in [0.15, 0.2) is 0 Å². The van der Waals surface area contributed by atoms with Crippen LogP contribution < -0.4 is 5.32 Å².